The van der Waals surface area contributed by atoms with Crippen molar-refractivity contribution in [1.29, 1.82) is 0 Å². The van der Waals surface area contributed by atoms with Crippen LogP contribution in [-0.4, -0.2) is 21.3 Å². The summed E-state index contributed by atoms with van der Waals surface area (Å²) >= 11 is 0. The highest BCUT2D eigenvalue weighted by Crippen LogP contribution is 2.26. The lowest BCUT2D eigenvalue weighted by atomic mass is 10.5. The molecule has 3 heteroatoms. The SMILES string of the molecule is CC[Si](CC)(CC)CCCOC=C1CO1. The highest BCUT2D eigenvalue weighted by Gasteiger charge is 2.25. The van der Waals surface area contributed by atoms with Crippen LogP contribution in [0.3, 0.4) is 0 Å². The normalized spacial score (nSPS) is 17.7. The van der Waals surface area contributed by atoms with Crippen LogP contribution in [0.2, 0.25) is 24.2 Å². The molecule has 0 aliphatic carbocycles. The fourth-order valence-electron chi connectivity index (χ4n) is 2.07. The second-order valence-corrected chi connectivity index (χ2v) is 10.0. The molecule has 1 aliphatic rings. The van der Waals surface area contributed by atoms with Gasteiger partial charge in [0.25, 0.3) is 0 Å². The summed E-state index contributed by atoms with van der Waals surface area (Å²) in [5.74, 6) is 1.000. The Kier molecular flexibility index (Phi) is 5.22. The van der Waals surface area contributed by atoms with Crippen molar-refractivity contribution < 1.29 is 9.47 Å². The first-order valence-electron chi connectivity index (χ1n) is 6.19. The number of rotatable bonds is 8. The average molecular weight is 228 g/mol. The van der Waals surface area contributed by atoms with Crippen LogP contribution >= 0.6 is 0 Å². The van der Waals surface area contributed by atoms with E-state index < -0.39 is 8.07 Å². The van der Waals surface area contributed by atoms with Crippen molar-refractivity contribution in [3.05, 3.63) is 12.0 Å². The highest BCUT2D eigenvalue weighted by molar-refractivity contribution is 6.79. The van der Waals surface area contributed by atoms with Crippen LogP contribution < -0.4 is 0 Å². The predicted octanol–water partition coefficient (Wildman–Crippen LogP) is 3.77. The lowest BCUT2D eigenvalue weighted by Crippen LogP contribution is -2.31. The first-order chi connectivity index (χ1) is 7.26. The van der Waals surface area contributed by atoms with Gasteiger partial charge in [-0.2, -0.15) is 0 Å². The summed E-state index contributed by atoms with van der Waals surface area (Å²) in [5.41, 5.74) is 0. The molecule has 0 spiro atoms. The van der Waals surface area contributed by atoms with E-state index in [1.165, 1.54) is 30.6 Å². The minimum absolute atomic E-state index is 0.775. The molecule has 0 aromatic heterocycles. The standard InChI is InChI=1S/C12H24O2Si/c1-4-15(5-2,6-3)9-7-8-13-10-12-11-14-12/h10H,4-9,11H2,1-3H3. The van der Waals surface area contributed by atoms with Gasteiger partial charge < -0.3 is 9.47 Å². The third-order valence-corrected chi connectivity index (χ3v) is 9.66. The van der Waals surface area contributed by atoms with Crippen LogP contribution in [0.4, 0.5) is 0 Å². The third-order valence-electron chi connectivity index (χ3n) is 3.75. The monoisotopic (exact) mass is 228 g/mol. The second kappa shape index (κ2) is 6.21. The van der Waals surface area contributed by atoms with E-state index in [2.05, 4.69) is 20.8 Å². The summed E-state index contributed by atoms with van der Waals surface area (Å²) < 4.78 is 10.4. The molecule has 1 heterocycles. The van der Waals surface area contributed by atoms with E-state index in [9.17, 15) is 0 Å². The fourth-order valence-corrected chi connectivity index (χ4v) is 5.53. The second-order valence-electron chi connectivity index (χ2n) is 4.41. The summed E-state index contributed by atoms with van der Waals surface area (Å²) in [4.78, 5) is 0. The van der Waals surface area contributed by atoms with Gasteiger partial charge in [0, 0.05) is 0 Å². The van der Waals surface area contributed by atoms with Gasteiger partial charge in [0.05, 0.1) is 14.7 Å². The molecule has 0 aromatic rings. The molecule has 1 aliphatic heterocycles. The van der Waals surface area contributed by atoms with Crippen LogP contribution in [-0.2, 0) is 9.47 Å². The number of hydrogen-bond acceptors (Lipinski definition) is 2. The Hall–Kier alpha value is -0.443. The summed E-state index contributed by atoms with van der Waals surface area (Å²) in [5, 5.41) is 0. The molecule has 0 bridgehead atoms. The average Bonchev–Trinajstić information content (AvgIpc) is 3.08. The first-order valence-corrected chi connectivity index (χ1v) is 9.02. The van der Waals surface area contributed by atoms with Gasteiger partial charge in [-0.25, -0.2) is 0 Å². The quantitative estimate of drug-likeness (QED) is 0.273. The van der Waals surface area contributed by atoms with E-state index in [0.717, 1.165) is 19.0 Å². The Morgan fingerprint density at radius 1 is 1.27 bits per heavy atom. The molecular weight excluding hydrogens is 204 g/mol. The topological polar surface area (TPSA) is 21.8 Å². The van der Waals surface area contributed by atoms with Gasteiger partial charge in [0.15, 0.2) is 5.76 Å². The predicted molar refractivity (Wildman–Crippen MR) is 66.6 cm³/mol. The van der Waals surface area contributed by atoms with E-state index in [1.54, 1.807) is 6.26 Å². The van der Waals surface area contributed by atoms with Crippen molar-refractivity contribution in [2.45, 2.75) is 51.4 Å². The Morgan fingerprint density at radius 3 is 2.33 bits per heavy atom. The zero-order valence-electron chi connectivity index (χ0n) is 10.3. The van der Waals surface area contributed by atoms with Gasteiger partial charge in [-0.05, 0) is 6.42 Å². The molecule has 0 saturated carbocycles. The van der Waals surface area contributed by atoms with Crippen molar-refractivity contribution >= 4 is 8.07 Å². The zero-order chi connectivity index (χ0) is 11.1. The number of ether oxygens (including phenoxy) is 2. The molecule has 0 aromatic carbocycles. The van der Waals surface area contributed by atoms with Gasteiger partial charge in [0.1, 0.15) is 12.9 Å². The van der Waals surface area contributed by atoms with Crippen molar-refractivity contribution in [3.63, 3.8) is 0 Å². The molecule has 0 radical (unpaired) electrons. The zero-order valence-corrected chi connectivity index (χ0v) is 11.3. The van der Waals surface area contributed by atoms with Gasteiger partial charge in [-0.15, -0.1) is 0 Å². The minimum Gasteiger partial charge on any atom is -0.498 e. The maximum atomic E-state index is 5.42. The molecular formula is C12H24O2Si. The smallest absolute Gasteiger partial charge is 0.168 e. The Bertz CT molecular complexity index is 195. The molecule has 1 fully saturated rings. The van der Waals surface area contributed by atoms with E-state index in [-0.39, 0.29) is 0 Å². The lowest BCUT2D eigenvalue weighted by Gasteiger charge is -2.27. The maximum absolute atomic E-state index is 5.42. The highest BCUT2D eigenvalue weighted by atomic mass is 28.3. The van der Waals surface area contributed by atoms with E-state index in [4.69, 9.17) is 9.47 Å². The largest absolute Gasteiger partial charge is 0.498 e. The minimum atomic E-state index is -0.911. The van der Waals surface area contributed by atoms with Crippen molar-refractivity contribution in [3.8, 4) is 0 Å². The Balaban J connectivity index is 2.12. The van der Waals surface area contributed by atoms with Crippen LogP contribution in [0.15, 0.2) is 12.0 Å². The van der Waals surface area contributed by atoms with Gasteiger partial charge in [-0.1, -0.05) is 44.9 Å². The number of epoxide rings is 1. The molecule has 1 rings (SSSR count). The van der Waals surface area contributed by atoms with Crippen molar-refractivity contribution in [2.24, 2.45) is 0 Å². The summed E-state index contributed by atoms with van der Waals surface area (Å²) in [6.45, 7) is 8.72. The molecule has 15 heavy (non-hydrogen) atoms. The molecule has 0 unspecified atom stereocenters. The van der Waals surface area contributed by atoms with E-state index in [0.29, 0.717) is 0 Å². The maximum Gasteiger partial charge on any atom is 0.168 e. The van der Waals surface area contributed by atoms with Crippen LogP contribution in [0.5, 0.6) is 0 Å². The van der Waals surface area contributed by atoms with Gasteiger partial charge in [0.2, 0.25) is 0 Å². The Morgan fingerprint density at radius 2 is 1.87 bits per heavy atom. The van der Waals surface area contributed by atoms with Crippen molar-refractivity contribution in [1.82, 2.24) is 0 Å². The molecule has 0 N–H and O–H groups in total. The number of hydrogen-bond donors (Lipinski definition) is 0. The summed E-state index contributed by atoms with van der Waals surface area (Å²) in [7, 11) is -0.911. The fraction of sp³-hybridized carbons (Fsp3) is 0.833. The van der Waals surface area contributed by atoms with Gasteiger partial charge in [-0.3, -0.25) is 0 Å². The van der Waals surface area contributed by atoms with Gasteiger partial charge >= 0.3 is 0 Å². The molecule has 88 valence electrons. The van der Waals surface area contributed by atoms with E-state index in [1.807, 2.05) is 0 Å². The summed E-state index contributed by atoms with van der Waals surface area (Å²) in [6, 6.07) is 5.68. The molecule has 0 atom stereocenters. The molecule has 0 amide bonds. The molecule has 1 saturated heterocycles. The first kappa shape index (κ1) is 12.6. The van der Waals surface area contributed by atoms with Crippen LogP contribution in [0, 0.1) is 0 Å². The lowest BCUT2D eigenvalue weighted by molar-refractivity contribution is 0.244. The third kappa shape index (κ3) is 4.28. The Labute approximate surface area is 94.7 Å². The van der Waals surface area contributed by atoms with E-state index >= 15 is 0 Å². The van der Waals surface area contributed by atoms with Crippen LogP contribution in [0.25, 0.3) is 0 Å². The summed E-state index contributed by atoms with van der Waals surface area (Å²) in [6.07, 6.45) is 2.98. The molecule has 2 nitrogen and oxygen atoms in total. The van der Waals surface area contributed by atoms with Crippen molar-refractivity contribution in [2.75, 3.05) is 13.2 Å². The van der Waals surface area contributed by atoms with Crippen LogP contribution in [0.1, 0.15) is 27.2 Å².